The number of hydrogen-bond acceptors (Lipinski definition) is 6. The SMILES string of the molecule is O=C(CCCN1C(=O)c2ccccc2C1=O)Nc1ccc(S(=O)(=O)Nc2cccnc2)cc1. The number of imide groups is 1. The van der Waals surface area contributed by atoms with Crippen molar-refractivity contribution in [1.82, 2.24) is 9.88 Å². The Hall–Kier alpha value is -4.05. The number of anilines is 2. The Bertz CT molecular complexity index is 1270. The molecule has 1 aliphatic rings. The normalized spacial score (nSPS) is 13.0. The van der Waals surface area contributed by atoms with Crippen molar-refractivity contribution < 1.29 is 22.8 Å². The van der Waals surface area contributed by atoms with E-state index in [2.05, 4.69) is 15.0 Å². The Kier molecular flexibility index (Phi) is 6.18. The molecule has 3 aromatic rings. The van der Waals surface area contributed by atoms with Crippen LogP contribution in [0.5, 0.6) is 0 Å². The summed E-state index contributed by atoms with van der Waals surface area (Å²) in [5.74, 6) is -1.02. The van der Waals surface area contributed by atoms with Crippen molar-refractivity contribution in [3.8, 4) is 0 Å². The van der Waals surface area contributed by atoms with Crippen LogP contribution >= 0.6 is 0 Å². The molecule has 3 amide bonds. The quantitative estimate of drug-likeness (QED) is 0.494. The molecule has 168 valence electrons. The van der Waals surface area contributed by atoms with E-state index in [1.54, 1.807) is 36.4 Å². The predicted molar refractivity (Wildman–Crippen MR) is 121 cm³/mol. The minimum atomic E-state index is -3.79. The van der Waals surface area contributed by atoms with Crippen LogP contribution in [0.25, 0.3) is 0 Å². The van der Waals surface area contributed by atoms with Crippen LogP contribution in [0.15, 0.2) is 78.0 Å². The molecule has 0 aliphatic carbocycles. The minimum absolute atomic E-state index is 0.0370. The van der Waals surface area contributed by atoms with Gasteiger partial charge in [0, 0.05) is 24.8 Å². The number of nitrogens with zero attached hydrogens (tertiary/aromatic N) is 2. The number of fused-ring (bicyclic) bond motifs is 1. The number of sulfonamides is 1. The van der Waals surface area contributed by atoms with Crippen LogP contribution < -0.4 is 10.0 Å². The summed E-state index contributed by atoms with van der Waals surface area (Å²) in [4.78, 5) is 42.0. The van der Waals surface area contributed by atoms with Crippen LogP contribution in [0.1, 0.15) is 33.6 Å². The molecule has 1 aliphatic heterocycles. The average molecular weight is 465 g/mol. The summed E-state index contributed by atoms with van der Waals surface area (Å²) in [5.41, 5.74) is 1.52. The maximum Gasteiger partial charge on any atom is 0.261 e. The molecular formula is C23H20N4O5S. The maximum atomic E-state index is 12.5. The molecule has 0 spiro atoms. The minimum Gasteiger partial charge on any atom is -0.326 e. The summed E-state index contributed by atoms with van der Waals surface area (Å²) < 4.78 is 27.3. The average Bonchev–Trinajstić information content (AvgIpc) is 3.05. The van der Waals surface area contributed by atoms with Gasteiger partial charge < -0.3 is 5.32 Å². The van der Waals surface area contributed by atoms with E-state index in [1.807, 2.05) is 0 Å². The van der Waals surface area contributed by atoms with Gasteiger partial charge in [0.2, 0.25) is 5.91 Å². The lowest BCUT2D eigenvalue weighted by Crippen LogP contribution is -2.31. The highest BCUT2D eigenvalue weighted by Crippen LogP contribution is 2.23. The van der Waals surface area contributed by atoms with E-state index in [4.69, 9.17) is 0 Å². The fourth-order valence-corrected chi connectivity index (χ4v) is 4.46. The molecule has 2 N–H and O–H groups in total. The molecule has 9 nitrogen and oxygen atoms in total. The molecule has 0 fully saturated rings. The first-order valence-electron chi connectivity index (χ1n) is 10.1. The molecular weight excluding hydrogens is 444 g/mol. The van der Waals surface area contributed by atoms with E-state index in [0.29, 0.717) is 28.9 Å². The number of carbonyl (C=O) groups is 3. The first-order valence-corrected chi connectivity index (χ1v) is 11.6. The standard InChI is InChI=1S/C23H20N4O5S/c28-21(8-4-14-27-22(29)19-6-1-2-7-20(19)23(27)30)25-16-9-11-18(12-10-16)33(31,32)26-17-5-3-13-24-15-17/h1-3,5-7,9-13,15,26H,4,8,14H2,(H,25,28). The fraction of sp³-hybridized carbons (Fsp3) is 0.130. The van der Waals surface area contributed by atoms with E-state index < -0.39 is 10.0 Å². The number of aromatic nitrogens is 1. The lowest BCUT2D eigenvalue weighted by Gasteiger charge is -2.13. The second kappa shape index (κ2) is 9.21. The van der Waals surface area contributed by atoms with Crippen LogP contribution in [0.4, 0.5) is 11.4 Å². The van der Waals surface area contributed by atoms with Crippen molar-refractivity contribution in [2.24, 2.45) is 0 Å². The summed E-state index contributed by atoms with van der Waals surface area (Å²) in [6.07, 6.45) is 3.33. The van der Waals surface area contributed by atoms with Crippen LogP contribution in [-0.2, 0) is 14.8 Å². The molecule has 0 bridgehead atoms. The van der Waals surface area contributed by atoms with Gasteiger partial charge in [-0.1, -0.05) is 12.1 Å². The summed E-state index contributed by atoms with van der Waals surface area (Å²) in [7, 11) is -3.79. The molecule has 0 saturated heterocycles. The lowest BCUT2D eigenvalue weighted by molar-refractivity contribution is -0.116. The van der Waals surface area contributed by atoms with Gasteiger partial charge in [-0.15, -0.1) is 0 Å². The third-order valence-corrected chi connectivity index (χ3v) is 6.42. The third kappa shape index (κ3) is 4.90. The van der Waals surface area contributed by atoms with Crippen molar-refractivity contribution in [3.05, 3.63) is 84.2 Å². The Morgan fingerprint density at radius 1 is 0.879 bits per heavy atom. The summed E-state index contributed by atoms with van der Waals surface area (Å²) in [6, 6.07) is 15.6. The second-order valence-corrected chi connectivity index (χ2v) is 9.01. The molecule has 0 saturated carbocycles. The largest absolute Gasteiger partial charge is 0.326 e. The third-order valence-electron chi connectivity index (χ3n) is 5.03. The van der Waals surface area contributed by atoms with Gasteiger partial charge in [-0.05, 0) is 55.0 Å². The molecule has 0 radical (unpaired) electrons. The molecule has 10 heteroatoms. The van der Waals surface area contributed by atoms with Crippen LogP contribution in [-0.4, -0.2) is 42.6 Å². The summed E-state index contributed by atoms with van der Waals surface area (Å²) in [5, 5.41) is 2.68. The zero-order chi connectivity index (χ0) is 23.4. The van der Waals surface area contributed by atoms with Crippen molar-refractivity contribution in [2.75, 3.05) is 16.6 Å². The number of hydrogen-bond donors (Lipinski definition) is 2. The Morgan fingerprint density at radius 3 is 2.15 bits per heavy atom. The van der Waals surface area contributed by atoms with Crippen molar-refractivity contribution >= 4 is 39.1 Å². The Morgan fingerprint density at radius 2 is 1.55 bits per heavy atom. The zero-order valence-corrected chi connectivity index (χ0v) is 18.2. The second-order valence-electron chi connectivity index (χ2n) is 7.33. The predicted octanol–water partition coefficient (Wildman–Crippen LogP) is 2.90. The number of amides is 3. The van der Waals surface area contributed by atoms with Crippen LogP contribution in [0.3, 0.4) is 0 Å². The van der Waals surface area contributed by atoms with Gasteiger partial charge >= 0.3 is 0 Å². The summed E-state index contributed by atoms with van der Waals surface area (Å²) in [6.45, 7) is 0.136. The van der Waals surface area contributed by atoms with Gasteiger partial charge in [0.1, 0.15) is 0 Å². The zero-order valence-electron chi connectivity index (χ0n) is 17.4. The highest BCUT2D eigenvalue weighted by atomic mass is 32.2. The molecule has 4 rings (SSSR count). The first-order chi connectivity index (χ1) is 15.8. The lowest BCUT2D eigenvalue weighted by atomic mass is 10.1. The van der Waals surface area contributed by atoms with E-state index >= 15 is 0 Å². The maximum absolute atomic E-state index is 12.5. The Balaban J connectivity index is 1.29. The molecule has 0 atom stereocenters. The van der Waals surface area contributed by atoms with Gasteiger partial charge in [0.25, 0.3) is 21.8 Å². The molecule has 1 aromatic heterocycles. The van der Waals surface area contributed by atoms with Crippen molar-refractivity contribution in [3.63, 3.8) is 0 Å². The fourth-order valence-electron chi connectivity index (χ4n) is 3.42. The number of rotatable bonds is 8. The number of benzene rings is 2. The smallest absolute Gasteiger partial charge is 0.261 e. The first kappa shape index (κ1) is 22.2. The number of carbonyl (C=O) groups excluding carboxylic acids is 3. The molecule has 2 heterocycles. The number of nitrogens with one attached hydrogen (secondary N) is 2. The molecule has 33 heavy (non-hydrogen) atoms. The van der Waals surface area contributed by atoms with Gasteiger partial charge in [0.15, 0.2) is 0 Å². The van der Waals surface area contributed by atoms with Gasteiger partial charge in [-0.3, -0.25) is 29.0 Å². The highest BCUT2D eigenvalue weighted by molar-refractivity contribution is 7.92. The van der Waals surface area contributed by atoms with Crippen LogP contribution in [0.2, 0.25) is 0 Å². The molecule has 2 aromatic carbocycles. The summed E-state index contributed by atoms with van der Waals surface area (Å²) >= 11 is 0. The topological polar surface area (TPSA) is 126 Å². The van der Waals surface area contributed by atoms with E-state index in [1.165, 1.54) is 36.7 Å². The van der Waals surface area contributed by atoms with E-state index in [0.717, 1.165) is 4.90 Å². The van der Waals surface area contributed by atoms with Gasteiger partial charge in [0.05, 0.1) is 27.9 Å². The van der Waals surface area contributed by atoms with Crippen LogP contribution in [0, 0.1) is 0 Å². The van der Waals surface area contributed by atoms with Gasteiger partial charge in [-0.25, -0.2) is 8.42 Å². The monoisotopic (exact) mass is 464 g/mol. The van der Waals surface area contributed by atoms with Crippen molar-refractivity contribution in [2.45, 2.75) is 17.7 Å². The Labute approximate surface area is 190 Å². The van der Waals surface area contributed by atoms with Crippen molar-refractivity contribution in [1.29, 1.82) is 0 Å². The van der Waals surface area contributed by atoms with E-state index in [9.17, 15) is 22.8 Å². The van der Waals surface area contributed by atoms with E-state index in [-0.39, 0.29) is 35.6 Å². The highest BCUT2D eigenvalue weighted by Gasteiger charge is 2.34. The molecule has 0 unspecified atom stereocenters. The van der Waals surface area contributed by atoms with Gasteiger partial charge in [-0.2, -0.15) is 0 Å². The number of pyridine rings is 1.